The second kappa shape index (κ2) is 6.11. The van der Waals surface area contributed by atoms with Crippen molar-refractivity contribution < 1.29 is 13.2 Å². The van der Waals surface area contributed by atoms with Gasteiger partial charge in [-0.2, -0.15) is 13.2 Å². The Bertz CT molecular complexity index is 549. The summed E-state index contributed by atoms with van der Waals surface area (Å²) in [4.78, 5) is 16.8. The van der Waals surface area contributed by atoms with Crippen LogP contribution in [0.1, 0.15) is 37.8 Å². The van der Waals surface area contributed by atoms with E-state index in [4.69, 9.17) is 0 Å². The molecule has 0 aliphatic heterocycles. The molecule has 0 saturated heterocycles. The quantitative estimate of drug-likeness (QED) is 0.837. The van der Waals surface area contributed by atoms with Crippen LogP contribution in [0.3, 0.4) is 0 Å². The van der Waals surface area contributed by atoms with Gasteiger partial charge in [-0.05, 0) is 32.1 Å². The molecule has 0 unspecified atom stereocenters. The van der Waals surface area contributed by atoms with Gasteiger partial charge in [-0.1, -0.05) is 11.6 Å². The zero-order chi connectivity index (χ0) is 14.6. The summed E-state index contributed by atoms with van der Waals surface area (Å²) in [5, 5.41) is 2.74. The Labute approximate surface area is 114 Å². The third-order valence-electron chi connectivity index (χ3n) is 3.16. The lowest BCUT2D eigenvalue weighted by Crippen LogP contribution is -2.19. The Morgan fingerprint density at radius 2 is 2.15 bits per heavy atom. The van der Waals surface area contributed by atoms with Crippen LogP contribution in [0.5, 0.6) is 0 Å². The molecule has 0 bridgehead atoms. The van der Waals surface area contributed by atoms with Crippen LogP contribution in [0.25, 0.3) is 0 Å². The number of H-pyrrole nitrogens is 1. The highest BCUT2D eigenvalue weighted by molar-refractivity contribution is 5.26. The maximum Gasteiger partial charge on any atom is 0.433 e. The van der Waals surface area contributed by atoms with Crippen molar-refractivity contribution in [2.45, 2.75) is 38.3 Å². The van der Waals surface area contributed by atoms with E-state index >= 15 is 0 Å². The predicted octanol–water partition coefficient (Wildman–Crippen LogP) is 3.09. The predicted molar refractivity (Wildman–Crippen MR) is 69.5 cm³/mol. The minimum atomic E-state index is -4.61. The highest BCUT2D eigenvalue weighted by Crippen LogP contribution is 2.26. The van der Waals surface area contributed by atoms with Crippen LogP contribution in [0.4, 0.5) is 19.1 Å². The average Bonchev–Trinajstić information content (AvgIpc) is 2.38. The van der Waals surface area contributed by atoms with Gasteiger partial charge >= 0.3 is 6.18 Å². The topological polar surface area (TPSA) is 57.8 Å². The Morgan fingerprint density at radius 3 is 2.80 bits per heavy atom. The first-order valence-electron chi connectivity index (χ1n) is 6.55. The van der Waals surface area contributed by atoms with Gasteiger partial charge in [0.15, 0.2) is 5.69 Å². The second-order valence-electron chi connectivity index (χ2n) is 4.76. The lowest BCUT2D eigenvalue weighted by atomic mass is 9.97. The highest BCUT2D eigenvalue weighted by atomic mass is 19.4. The molecule has 1 aromatic rings. The second-order valence-corrected chi connectivity index (χ2v) is 4.76. The number of anilines is 1. The molecule has 0 fully saturated rings. The number of nitrogens with zero attached hydrogens (tertiary/aromatic N) is 1. The van der Waals surface area contributed by atoms with E-state index in [2.05, 4.69) is 21.4 Å². The van der Waals surface area contributed by atoms with Crippen molar-refractivity contribution in [3.63, 3.8) is 0 Å². The van der Waals surface area contributed by atoms with Gasteiger partial charge in [0.1, 0.15) is 0 Å². The van der Waals surface area contributed by atoms with E-state index in [0.29, 0.717) is 12.6 Å². The van der Waals surface area contributed by atoms with Crippen LogP contribution < -0.4 is 10.9 Å². The summed E-state index contributed by atoms with van der Waals surface area (Å²) < 4.78 is 37.5. The van der Waals surface area contributed by atoms with Crippen molar-refractivity contribution in [2.24, 2.45) is 0 Å². The smallest absolute Gasteiger partial charge is 0.355 e. The Kier molecular flexibility index (Phi) is 4.46. The number of aromatic nitrogens is 2. The molecule has 1 heterocycles. The summed E-state index contributed by atoms with van der Waals surface area (Å²) >= 11 is 0. The summed E-state index contributed by atoms with van der Waals surface area (Å²) in [6.07, 6.45) is 2.76. The van der Waals surface area contributed by atoms with Crippen molar-refractivity contribution in [3.05, 3.63) is 33.8 Å². The normalized spacial score (nSPS) is 15.8. The summed E-state index contributed by atoms with van der Waals surface area (Å²) in [6, 6.07) is 0.453. The minimum Gasteiger partial charge on any atom is -0.355 e. The van der Waals surface area contributed by atoms with Gasteiger partial charge in [0.2, 0.25) is 5.95 Å². The average molecular weight is 287 g/mol. The van der Waals surface area contributed by atoms with E-state index in [9.17, 15) is 18.0 Å². The van der Waals surface area contributed by atoms with E-state index < -0.39 is 17.4 Å². The molecule has 110 valence electrons. The Hall–Kier alpha value is -1.79. The molecule has 7 heteroatoms. The first-order chi connectivity index (χ1) is 9.45. The van der Waals surface area contributed by atoms with Crippen molar-refractivity contribution in [1.29, 1.82) is 0 Å². The molecule has 1 aromatic heterocycles. The van der Waals surface area contributed by atoms with E-state index in [1.807, 2.05) is 0 Å². The van der Waals surface area contributed by atoms with Crippen molar-refractivity contribution in [3.8, 4) is 0 Å². The Balaban J connectivity index is 1.97. The van der Waals surface area contributed by atoms with E-state index in [1.54, 1.807) is 0 Å². The molecule has 0 saturated carbocycles. The lowest BCUT2D eigenvalue weighted by Gasteiger charge is -2.13. The van der Waals surface area contributed by atoms with Crippen LogP contribution in [0.2, 0.25) is 0 Å². The minimum absolute atomic E-state index is 0.138. The van der Waals surface area contributed by atoms with Crippen LogP contribution in [-0.2, 0) is 6.18 Å². The van der Waals surface area contributed by atoms with Gasteiger partial charge in [-0.15, -0.1) is 0 Å². The van der Waals surface area contributed by atoms with Crippen LogP contribution in [0.15, 0.2) is 22.5 Å². The number of allylic oxidation sites excluding steroid dienone is 1. The maximum atomic E-state index is 12.5. The lowest BCUT2D eigenvalue weighted by molar-refractivity contribution is -0.141. The first kappa shape index (κ1) is 14.6. The highest BCUT2D eigenvalue weighted by Gasteiger charge is 2.33. The molecule has 0 amide bonds. The third-order valence-corrected chi connectivity index (χ3v) is 3.16. The zero-order valence-corrected chi connectivity index (χ0v) is 10.9. The molecule has 4 nitrogen and oxygen atoms in total. The standard InChI is InChI=1S/C13H16F3N3O/c14-13(15,16)10-8-11(20)19-12(18-10)17-7-6-9-4-2-1-3-5-9/h4,8H,1-3,5-7H2,(H2,17,18,19,20). The van der Waals surface area contributed by atoms with Gasteiger partial charge in [-0.25, -0.2) is 4.98 Å². The Morgan fingerprint density at radius 1 is 1.35 bits per heavy atom. The van der Waals surface area contributed by atoms with E-state index in [1.165, 1.54) is 12.0 Å². The number of nitrogens with one attached hydrogen (secondary N) is 2. The number of halogens is 3. The molecule has 0 atom stereocenters. The number of alkyl halides is 3. The van der Waals surface area contributed by atoms with Gasteiger partial charge in [-0.3, -0.25) is 9.78 Å². The monoisotopic (exact) mass is 287 g/mol. The number of hydrogen-bond donors (Lipinski definition) is 2. The van der Waals surface area contributed by atoms with Gasteiger partial charge < -0.3 is 5.32 Å². The third kappa shape index (κ3) is 4.11. The molecule has 1 aliphatic rings. The summed E-state index contributed by atoms with van der Waals surface area (Å²) in [7, 11) is 0. The molecule has 2 N–H and O–H groups in total. The fourth-order valence-electron chi connectivity index (χ4n) is 2.16. The summed E-state index contributed by atoms with van der Waals surface area (Å²) in [5.74, 6) is -0.138. The number of rotatable bonds is 4. The molecule has 0 spiro atoms. The zero-order valence-electron chi connectivity index (χ0n) is 10.9. The molecule has 20 heavy (non-hydrogen) atoms. The fourth-order valence-corrected chi connectivity index (χ4v) is 2.16. The van der Waals surface area contributed by atoms with Gasteiger partial charge in [0.05, 0.1) is 0 Å². The summed E-state index contributed by atoms with van der Waals surface area (Å²) in [5.41, 5.74) is -0.689. The van der Waals surface area contributed by atoms with Crippen molar-refractivity contribution in [2.75, 3.05) is 11.9 Å². The largest absolute Gasteiger partial charge is 0.433 e. The number of hydrogen-bond acceptors (Lipinski definition) is 3. The first-order valence-corrected chi connectivity index (χ1v) is 6.55. The van der Waals surface area contributed by atoms with E-state index in [0.717, 1.165) is 25.7 Å². The molecule has 0 radical (unpaired) electrons. The van der Waals surface area contributed by atoms with Gasteiger partial charge in [0.25, 0.3) is 5.56 Å². The SMILES string of the molecule is O=c1cc(C(F)(F)F)nc(NCCC2=CCCCC2)[nH]1. The van der Waals surface area contributed by atoms with Crippen LogP contribution in [0, 0.1) is 0 Å². The van der Waals surface area contributed by atoms with Crippen LogP contribution in [-0.4, -0.2) is 16.5 Å². The summed E-state index contributed by atoms with van der Waals surface area (Å²) in [6.45, 7) is 0.454. The molecular weight excluding hydrogens is 271 g/mol. The van der Waals surface area contributed by atoms with Crippen molar-refractivity contribution in [1.82, 2.24) is 9.97 Å². The number of aromatic amines is 1. The van der Waals surface area contributed by atoms with Gasteiger partial charge in [0, 0.05) is 12.6 Å². The molecular formula is C13H16F3N3O. The molecule has 0 aromatic carbocycles. The molecule has 2 rings (SSSR count). The van der Waals surface area contributed by atoms with Crippen molar-refractivity contribution >= 4 is 5.95 Å². The maximum absolute atomic E-state index is 12.5. The molecule has 1 aliphatic carbocycles. The fraction of sp³-hybridized carbons (Fsp3) is 0.538. The van der Waals surface area contributed by atoms with Crippen LogP contribution >= 0.6 is 0 Å². The van der Waals surface area contributed by atoms with E-state index in [-0.39, 0.29) is 5.95 Å².